The van der Waals surface area contributed by atoms with E-state index in [1.165, 1.54) is 14.2 Å². The molecule has 0 atom stereocenters. The molecule has 2 N–H and O–H groups in total. The minimum Gasteiger partial charge on any atom is -0.496 e. The van der Waals surface area contributed by atoms with Crippen molar-refractivity contribution in [3.8, 4) is 11.5 Å². The maximum Gasteiger partial charge on any atom is 0.166 e. The quantitative estimate of drug-likeness (QED) is 0.358. The lowest BCUT2D eigenvalue weighted by Gasteiger charge is -2.11. The maximum absolute atomic E-state index is 12.0. The average Bonchev–Trinajstić information content (AvgIpc) is 2.38. The fourth-order valence-electron chi connectivity index (χ4n) is 1.66. The zero-order valence-corrected chi connectivity index (χ0v) is 11.4. The molecule has 0 bridgehead atoms. The monoisotopic (exact) mass is 271 g/mol. The number of hydrogen-bond donors (Lipinski definition) is 1. The molecular formula is C13H18ClNO3. The number of carbonyl (C=O) groups is 1. The molecule has 5 heteroatoms. The van der Waals surface area contributed by atoms with Crippen molar-refractivity contribution in [2.24, 2.45) is 0 Å². The Labute approximate surface area is 112 Å². The molecule has 1 aromatic rings. The van der Waals surface area contributed by atoms with Gasteiger partial charge in [0.1, 0.15) is 11.5 Å². The number of hydrogen-bond acceptors (Lipinski definition) is 4. The number of methoxy groups -OCH3 is 2. The number of nitrogen functional groups attached to an aromatic ring is 1. The second kappa shape index (κ2) is 7.11. The number of carbonyl (C=O) groups excluding carboxylic acids is 1. The molecule has 4 nitrogen and oxygen atoms in total. The van der Waals surface area contributed by atoms with Crippen molar-refractivity contribution in [1.82, 2.24) is 0 Å². The molecule has 0 aliphatic rings. The molecule has 0 amide bonds. The van der Waals surface area contributed by atoms with Gasteiger partial charge in [0.2, 0.25) is 0 Å². The molecule has 0 aliphatic heterocycles. The van der Waals surface area contributed by atoms with Gasteiger partial charge in [-0.2, -0.15) is 0 Å². The largest absolute Gasteiger partial charge is 0.496 e. The van der Waals surface area contributed by atoms with Gasteiger partial charge in [-0.05, 0) is 18.9 Å². The number of rotatable bonds is 7. The molecule has 0 unspecified atom stereocenters. The summed E-state index contributed by atoms with van der Waals surface area (Å²) in [5, 5.41) is 0. The Kier molecular flexibility index (Phi) is 5.78. The Bertz CT molecular complexity index is 421. The summed E-state index contributed by atoms with van der Waals surface area (Å²) in [6, 6.07) is 3.23. The van der Waals surface area contributed by atoms with E-state index in [1.54, 1.807) is 12.1 Å². The van der Waals surface area contributed by atoms with E-state index in [0.717, 1.165) is 12.8 Å². The van der Waals surface area contributed by atoms with Gasteiger partial charge in [-0.1, -0.05) is 0 Å². The van der Waals surface area contributed by atoms with Gasteiger partial charge in [-0.15, -0.1) is 11.6 Å². The smallest absolute Gasteiger partial charge is 0.166 e. The fraction of sp³-hybridized carbons (Fsp3) is 0.462. The van der Waals surface area contributed by atoms with Crippen LogP contribution in [-0.2, 0) is 0 Å². The normalized spacial score (nSPS) is 10.2. The van der Waals surface area contributed by atoms with Crippen LogP contribution in [0.15, 0.2) is 12.1 Å². The molecule has 100 valence electrons. The van der Waals surface area contributed by atoms with Gasteiger partial charge in [-0.25, -0.2) is 0 Å². The summed E-state index contributed by atoms with van der Waals surface area (Å²) in [5.74, 6) is 1.56. The predicted octanol–water partition coefficient (Wildman–Crippen LogP) is 2.88. The molecule has 0 aliphatic carbocycles. The number of nitrogens with two attached hydrogens (primary N) is 1. The van der Waals surface area contributed by atoms with E-state index in [4.69, 9.17) is 26.8 Å². The number of benzene rings is 1. The van der Waals surface area contributed by atoms with Crippen molar-refractivity contribution in [3.05, 3.63) is 17.7 Å². The lowest BCUT2D eigenvalue weighted by molar-refractivity contribution is 0.0977. The first-order valence-electron chi connectivity index (χ1n) is 5.74. The molecule has 1 rings (SSSR count). The van der Waals surface area contributed by atoms with Crippen molar-refractivity contribution in [2.45, 2.75) is 19.3 Å². The van der Waals surface area contributed by atoms with Crippen LogP contribution in [0.25, 0.3) is 0 Å². The molecule has 1 aromatic carbocycles. The summed E-state index contributed by atoms with van der Waals surface area (Å²) in [6.07, 6.45) is 2.02. The molecule has 0 saturated carbocycles. The van der Waals surface area contributed by atoms with Gasteiger partial charge in [0.15, 0.2) is 5.78 Å². The third kappa shape index (κ3) is 3.53. The minimum atomic E-state index is 0.00585. The fourth-order valence-corrected chi connectivity index (χ4v) is 1.85. The molecule has 18 heavy (non-hydrogen) atoms. The Balaban J connectivity index is 2.93. The zero-order chi connectivity index (χ0) is 13.5. The molecule has 0 aromatic heterocycles. The maximum atomic E-state index is 12.0. The molecule has 0 fully saturated rings. The SMILES string of the molecule is COc1cc(OC)c(C(=O)CCCCCl)cc1N. The standard InChI is InChI=1S/C13H18ClNO3/c1-17-12-8-13(18-2)10(15)7-9(12)11(16)5-3-4-6-14/h7-8H,3-6,15H2,1-2H3. The number of anilines is 1. The molecule has 0 radical (unpaired) electrons. The van der Waals surface area contributed by atoms with Crippen molar-refractivity contribution in [3.63, 3.8) is 0 Å². The van der Waals surface area contributed by atoms with E-state index in [1.807, 2.05) is 0 Å². The van der Waals surface area contributed by atoms with Crippen LogP contribution in [0.5, 0.6) is 11.5 Å². The van der Waals surface area contributed by atoms with Crippen LogP contribution in [0.1, 0.15) is 29.6 Å². The Morgan fingerprint density at radius 3 is 2.44 bits per heavy atom. The third-order valence-corrected chi connectivity index (χ3v) is 2.91. The van der Waals surface area contributed by atoms with Crippen LogP contribution >= 0.6 is 11.6 Å². The van der Waals surface area contributed by atoms with Gasteiger partial charge in [-0.3, -0.25) is 4.79 Å². The van der Waals surface area contributed by atoms with Crippen LogP contribution in [0.3, 0.4) is 0 Å². The number of Topliss-reactive ketones (excluding diaryl/α,β-unsaturated/α-hetero) is 1. The molecule has 0 heterocycles. The van der Waals surface area contributed by atoms with Gasteiger partial charge in [0, 0.05) is 18.4 Å². The number of ketones is 1. The van der Waals surface area contributed by atoms with Crippen molar-refractivity contribution < 1.29 is 14.3 Å². The highest BCUT2D eigenvalue weighted by atomic mass is 35.5. The van der Waals surface area contributed by atoms with E-state index in [0.29, 0.717) is 35.1 Å². The zero-order valence-electron chi connectivity index (χ0n) is 10.7. The Morgan fingerprint density at radius 2 is 1.89 bits per heavy atom. The Morgan fingerprint density at radius 1 is 1.22 bits per heavy atom. The van der Waals surface area contributed by atoms with E-state index >= 15 is 0 Å². The predicted molar refractivity (Wildman–Crippen MR) is 72.9 cm³/mol. The topological polar surface area (TPSA) is 61.5 Å². The van der Waals surface area contributed by atoms with Crippen LogP contribution in [0.2, 0.25) is 0 Å². The van der Waals surface area contributed by atoms with Gasteiger partial charge >= 0.3 is 0 Å². The van der Waals surface area contributed by atoms with Crippen LogP contribution in [-0.4, -0.2) is 25.9 Å². The first-order valence-corrected chi connectivity index (χ1v) is 6.28. The molecule has 0 spiro atoms. The second-order valence-corrected chi connectivity index (χ2v) is 4.24. The second-order valence-electron chi connectivity index (χ2n) is 3.86. The number of alkyl halides is 1. The van der Waals surface area contributed by atoms with E-state index in [9.17, 15) is 4.79 Å². The summed E-state index contributed by atoms with van der Waals surface area (Å²) in [7, 11) is 3.04. The van der Waals surface area contributed by atoms with E-state index in [-0.39, 0.29) is 5.78 Å². The summed E-state index contributed by atoms with van der Waals surface area (Å²) >= 11 is 5.58. The highest BCUT2D eigenvalue weighted by Crippen LogP contribution is 2.31. The van der Waals surface area contributed by atoms with Crippen molar-refractivity contribution >= 4 is 23.1 Å². The lowest BCUT2D eigenvalue weighted by atomic mass is 10.0. The number of unbranched alkanes of at least 4 members (excludes halogenated alkanes) is 1. The van der Waals surface area contributed by atoms with Gasteiger partial charge in [0.05, 0.1) is 25.5 Å². The molecule has 0 saturated heterocycles. The summed E-state index contributed by atoms with van der Waals surface area (Å²) in [4.78, 5) is 12.0. The van der Waals surface area contributed by atoms with Crippen LogP contribution < -0.4 is 15.2 Å². The highest BCUT2D eigenvalue weighted by Gasteiger charge is 2.15. The summed E-state index contributed by atoms with van der Waals surface area (Å²) < 4.78 is 10.3. The first-order chi connectivity index (χ1) is 8.63. The number of ether oxygens (including phenoxy) is 2. The van der Waals surface area contributed by atoms with Crippen molar-refractivity contribution in [2.75, 3.05) is 25.8 Å². The average molecular weight is 272 g/mol. The van der Waals surface area contributed by atoms with Gasteiger partial charge in [0.25, 0.3) is 0 Å². The van der Waals surface area contributed by atoms with E-state index in [2.05, 4.69) is 0 Å². The summed E-state index contributed by atoms with van der Waals surface area (Å²) in [6.45, 7) is 0. The Hall–Kier alpha value is -1.42. The molecular weight excluding hydrogens is 254 g/mol. The van der Waals surface area contributed by atoms with Crippen LogP contribution in [0, 0.1) is 0 Å². The summed E-state index contributed by atoms with van der Waals surface area (Å²) in [5.41, 5.74) is 6.71. The van der Waals surface area contributed by atoms with Crippen molar-refractivity contribution in [1.29, 1.82) is 0 Å². The third-order valence-electron chi connectivity index (χ3n) is 2.64. The first kappa shape index (κ1) is 14.6. The van der Waals surface area contributed by atoms with E-state index < -0.39 is 0 Å². The minimum absolute atomic E-state index is 0.00585. The lowest BCUT2D eigenvalue weighted by Crippen LogP contribution is -2.05. The van der Waals surface area contributed by atoms with Crippen LogP contribution in [0.4, 0.5) is 5.69 Å². The highest BCUT2D eigenvalue weighted by molar-refractivity contribution is 6.17. The van der Waals surface area contributed by atoms with Gasteiger partial charge < -0.3 is 15.2 Å². The number of halogens is 1.